The molecule has 3 N–H and O–H groups in total. The average molecular weight is 208 g/mol. The molecule has 6 nitrogen and oxygen atoms in total. The fourth-order valence-corrected chi connectivity index (χ4v) is 1.46. The summed E-state index contributed by atoms with van der Waals surface area (Å²) in [5.41, 5.74) is 6.73. The Hall–Kier alpha value is -1.66. The lowest BCUT2D eigenvalue weighted by molar-refractivity contribution is 0.179. The molecule has 1 unspecified atom stereocenters. The van der Waals surface area contributed by atoms with Crippen LogP contribution in [0.25, 0.3) is 5.52 Å². The summed E-state index contributed by atoms with van der Waals surface area (Å²) >= 11 is 0. The van der Waals surface area contributed by atoms with Crippen LogP contribution in [0.5, 0.6) is 5.88 Å². The molecule has 0 saturated carbocycles. The topological polar surface area (TPSA) is 85.7 Å². The zero-order chi connectivity index (χ0) is 10.8. The number of aliphatic hydroxyl groups excluding tert-OH is 1. The Morgan fingerprint density at radius 3 is 3.07 bits per heavy atom. The Balaban J connectivity index is 2.60. The first-order valence-corrected chi connectivity index (χ1v) is 4.52. The van der Waals surface area contributed by atoms with Crippen molar-refractivity contribution in [3.05, 3.63) is 24.2 Å². The van der Waals surface area contributed by atoms with E-state index in [1.54, 1.807) is 16.6 Å². The van der Waals surface area contributed by atoms with Crippen LogP contribution in [0.4, 0.5) is 0 Å². The molecule has 0 radical (unpaired) electrons. The van der Waals surface area contributed by atoms with Gasteiger partial charge in [0.15, 0.2) is 0 Å². The molecule has 0 aliphatic rings. The molecule has 2 heterocycles. The second-order valence-electron chi connectivity index (χ2n) is 3.08. The van der Waals surface area contributed by atoms with E-state index in [2.05, 4.69) is 10.1 Å². The fraction of sp³-hybridized carbons (Fsp3) is 0.333. The molecule has 0 spiro atoms. The number of aliphatic hydroxyl groups is 1. The number of nitrogens with two attached hydrogens (primary N) is 1. The van der Waals surface area contributed by atoms with E-state index in [0.717, 1.165) is 0 Å². The van der Waals surface area contributed by atoms with Crippen molar-refractivity contribution < 1.29 is 9.84 Å². The highest BCUT2D eigenvalue weighted by Gasteiger charge is 2.13. The molecule has 1 atom stereocenters. The minimum Gasteiger partial charge on any atom is -0.479 e. The summed E-state index contributed by atoms with van der Waals surface area (Å²) in [6.45, 7) is 0.151. The lowest BCUT2D eigenvalue weighted by Crippen LogP contribution is -2.14. The van der Waals surface area contributed by atoms with E-state index in [1.165, 1.54) is 13.4 Å². The predicted molar refractivity (Wildman–Crippen MR) is 53.6 cm³/mol. The highest BCUT2D eigenvalue weighted by atomic mass is 16.5. The Morgan fingerprint density at radius 2 is 2.40 bits per heavy atom. The highest BCUT2D eigenvalue weighted by molar-refractivity contribution is 5.57. The number of hydrogen-bond donors (Lipinski definition) is 2. The lowest BCUT2D eigenvalue weighted by atomic mass is 10.3. The predicted octanol–water partition coefficient (Wildman–Crippen LogP) is -0.270. The molecule has 0 aliphatic carbocycles. The molecule has 0 bridgehead atoms. The van der Waals surface area contributed by atoms with Crippen molar-refractivity contribution in [1.29, 1.82) is 0 Å². The Labute approximate surface area is 86.3 Å². The second-order valence-corrected chi connectivity index (χ2v) is 3.08. The smallest absolute Gasteiger partial charge is 0.241 e. The van der Waals surface area contributed by atoms with Gasteiger partial charge in [-0.15, -0.1) is 0 Å². The maximum Gasteiger partial charge on any atom is 0.241 e. The number of nitrogens with zero attached hydrogens (tertiary/aromatic N) is 3. The molecule has 2 rings (SSSR count). The maximum atomic E-state index is 9.63. The van der Waals surface area contributed by atoms with Crippen LogP contribution in [0.15, 0.2) is 18.5 Å². The van der Waals surface area contributed by atoms with Crippen molar-refractivity contribution in [2.24, 2.45) is 5.73 Å². The van der Waals surface area contributed by atoms with E-state index in [4.69, 9.17) is 10.5 Å². The van der Waals surface area contributed by atoms with E-state index in [1.807, 2.05) is 0 Å². The minimum absolute atomic E-state index is 0.151. The van der Waals surface area contributed by atoms with Gasteiger partial charge < -0.3 is 15.6 Å². The molecule has 0 amide bonds. The molecular formula is C9H12N4O2. The Morgan fingerprint density at radius 1 is 1.60 bits per heavy atom. The van der Waals surface area contributed by atoms with Crippen LogP contribution < -0.4 is 10.5 Å². The number of aromatic nitrogens is 3. The van der Waals surface area contributed by atoms with E-state index in [-0.39, 0.29) is 6.54 Å². The third kappa shape index (κ3) is 1.53. The highest BCUT2D eigenvalue weighted by Crippen LogP contribution is 2.20. The lowest BCUT2D eigenvalue weighted by Gasteiger charge is -2.07. The van der Waals surface area contributed by atoms with E-state index in [0.29, 0.717) is 17.1 Å². The average Bonchev–Trinajstić information content (AvgIpc) is 2.71. The van der Waals surface area contributed by atoms with Gasteiger partial charge in [-0.2, -0.15) is 10.1 Å². The first-order valence-electron chi connectivity index (χ1n) is 4.52. The van der Waals surface area contributed by atoms with Crippen molar-refractivity contribution in [1.82, 2.24) is 14.6 Å². The first kappa shape index (κ1) is 9.88. The van der Waals surface area contributed by atoms with Gasteiger partial charge in [-0.05, 0) is 12.1 Å². The van der Waals surface area contributed by atoms with Gasteiger partial charge in [0.25, 0.3) is 0 Å². The summed E-state index contributed by atoms with van der Waals surface area (Å²) < 4.78 is 6.64. The summed E-state index contributed by atoms with van der Waals surface area (Å²) in [6, 6.07) is 3.54. The number of rotatable bonds is 3. The minimum atomic E-state index is -0.730. The maximum absolute atomic E-state index is 9.63. The summed E-state index contributed by atoms with van der Waals surface area (Å²) in [5.74, 6) is 0.473. The van der Waals surface area contributed by atoms with Crippen molar-refractivity contribution in [3.8, 4) is 5.88 Å². The summed E-state index contributed by atoms with van der Waals surface area (Å²) in [6.07, 6.45) is 0.644. The molecule has 2 aromatic rings. The number of methoxy groups -OCH3 is 1. The van der Waals surface area contributed by atoms with Crippen molar-refractivity contribution >= 4 is 5.52 Å². The van der Waals surface area contributed by atoms with Crippen molar-refractivity contribution in [2.45, 2.75) is 6.10 Å². The summed E-state index contributed by atoms with van der Waals surface area (Å²) in [5, 5.41) is 13.7. The molecule has 0 aromatic carbocycles. The zero-order valence-electron chi connectivity index (χ0n) is 8.29. The van der Waals surface area contributed by atoms with E-state index < -0.39 is 6.10 Å². The molecule has 0 saturated heterocycles. The summed E-state index contributed by atoms with van der Waals surface area (Å²) in [4.78, 5) is 3.96. The van der Waals surface area contributed by atoms with Gasteiger partial charge in [0.2, 0.25) is 5.88 Å². The van der Waals surface area contributed by atoms with Gasteiger partial charge >= 0.3 is 0 Å². The van der Waals surface area contributed by atoms with Crippen molar-refractivity contribution in [3.63, 3.8) is 0 Å². The van der Waals surface area contributed by atoms with Crippen LogP contribution in [0.2, 0.25) is 0 Å². The van der Waals surface area contributed by atoms with Crippen molar-refractivity contribution in [2.75, 3.05) is 13.7 Å². The number of hydrogen-bond acceptors (Lipinski definition) is 5. The van der Waals surface area contributed by atoms with Crippen LogP contribution in [-0.2, 0) is 0 Å². The summed E-state index contributed by atoms with van der Waals surface area (Å²) in [7, 11) is 1.54. The Kier molecular flexibility index (Phi) is 2.53. The number of fused-ring (bicyclic) bond motifs is 1. The van der Waals surface area contributed by atoms with E-state index >= 15 is 0 Å². The molecular weight excluding hydrogens is 196 g/mol. The van der Waals surface area contributed by atoms with Crippen LogP contribution in [-0.4, -0.2) is 33.4 Å². The van der Waals surface area contributed by atoms with Crippen LogP contribution in [0, 0.1) is 0 Å². The third-order valence-corrected chi connectivity index (χ3v) is 2.20. The third-order valence-electron chi connectivity index (χ3n) is 2.20. The molecule has 80 valence electrons. The fourth-order valence-electron chi connectivity index (χ4n) is 1.46. The quantitative estimate of drug-likeness (QED) is 0.725. The van der Waals surface area contributed by atoms with Gasteiger partial charge in [-0.1, -0.05) is 0 Å². The molecule has 15 heavy (non-hydrogen) atoms. The monoisotopic (exact) mass is 208 g/mol. The molecule has 0 fully saturated rings. The molecule has 2 aromatic heterocycles. The van der Waals surface area contributed by atoms with Gasteiger partial charge in [-0.25, -0.2) is 4.52 Å². The first-order chi connectivity index (χ1) is 7.27. The molecule has 0 aliphatic heterocycles. The standard InChI is InChI=1S/C9H12N4O2/c1-15-9-7-3-2-6(8(14)4-10)13(7)12-5-11-9/h2-3,5,8,14H,4,10H2,1H3. The largest absolute Gasteiger partial charge is 0.479 e. The van der Waals surface area contributed by atoms with E-state index in [9.17, 15) is 5.11 Å². The SMILES string of the molecule is COc1ncnn2c(C(O)CN)ccc12. The van der Waals surface area contributed by atoms with Gasteiger partial charge in [-0.3, -0.25) is 0 Å². The Bertz CT molecular complexity index is 468. The van der Waals surface area contributed by atoms with Gasteiger partial charge in [0.1, 0.15) is 17.9 Å². The van der Waals surface area contributed by atoms with Crippen LogP contribution in [0.3, 0.4) is 0 Å². The molecule has 6 heteroatoms. The zero-order valence-corrected chi connectivity index (χ0v) is 8.29. The number of ether oxygens (including phenoxy) is 1. The van der Waals surface area contributed by atoms with Crippen LogP contribution in [0.1, 0.15) is 11.8 Å². The second kappa shape index (κ2) is 3.84. The van der Waals surface area contributed by atoms with Crippen LogP contribution >= 0.6 is 0 Å². The van der Waals surface area contributed by atoms with Gasteiger partial charge in [0.05, 0.1) is 12.8 Å². The normalized spacial score (nSPS) is 13.0. The van der Waals surface area contributed by atoms with Gasteiger partial charge in [0, 0.05) is 6.54 Å².